The third kappa shape index (κ3) is 2.79. The van der Waals surface area contributed by atoms with Crippen LogP contribution in [0.2, 0.25) is 0 Å². The average Bonchev–Trinajstić information content (AvgIpc) is 3.36. The summed E-state index contributed by atoms with van der Waals surface area (Å²) < 4.78 is 21.5. The predicted octanol–water partition coefficient (Wildman–Crippen LogP) is 1.67. The maximum absolute atomic E-state index is 14.1. The first-order valence-electron chi connectivity index (χ1n) is 9.95. The van der Waals surface area contributed by atoms with Crippen LogP contribution in [0.25, 0.3) is 5.65 Å². The minimum atomic E-state index is -0.464. The summed E-state index contributed by atoms with van der Waals surface area (Å²) >= 11 is 0. The molecule has 4 aliphatic rings. The summed E-state index contributed by atoms with van der Waals surface area (Å²) in [5, 5.41) is 18.2. The van der Waals surface area contributed by atoms with Gasteiger partial charge in [-0.25, -0.2) is 23.9 Å². The molecule has 3 aliphatic heterocycles. The number of nitrogens with one attached hydrogen (secondary N) is 1. The quantitative estimate of drug-likeness (QED) is 0.583. The topological polar surface area (TPSA) is 118 Å². The molecule has 156 valence electrons. The van der Waals surface area contributed by atoms with Crippen LogP contribution in [-0.4, -0.2) is 44.2 Å². The molecule has 10 nitrogen and oxygen atoms in total. The number of aromatic nitrogens is 4. The van der Waals surface area contributed by atoms with Crippen molar-refractivity contribution in [2.45, 2.75) is 37.5 Å². The fourth-order valence-electron chi connectivity index (χ4n) is 4.28. The molecule has 0 aromatic carbocycles. The van der Waals surface area contributed by atoms with Gasteiger partial charge in [-0.2, -0.15) is 10.4 Å². The number of ether oxygens (including phenoxy) is 1. The van der Waals surface area contributed by atoms with Crippen molar-refractivity contribution in [1.29, 1.82) is 5.26 Å². The van der Waals surface area contributed by atoms with E-state index in [1.165, 1.54) is 10.6 Å². The Kier molecular flexibility index (Phi) is 3.85. The number of hydrogen-bond donors (Lipinski definition) is 1. The number of pyridine rings is 1. The summed E-state index contributed by atoms with van der Waals surface area (Å²) in [6.07, 6.45) is 4.33. The molecule has 1 saturated carbocycles. The lowest BCUT2D eigenvalue weighted by molar-refractivity contribution is 0.0667. The van der Waals surface area contributed by atoms with Crippen LogP contribution in [0, 0.1) is 17.1 Å². The minimum absolute atomic E-state index is 0.00289. The van der Waals surface area contributed by atoms with Crippen LogP contribution in [0.4, 0.5) is 10.2 Å². The predicted molar refractivity (Wildman–Crippen MR) is 103 cm³/mol. The molecule has 3 aromatic heterocycles. The maximum Gasteiger partial charge on any atom is 0.258 e. The number of carbonyl (C=O) groups is 1. The van der Waals surface area contributed by atoms with Crippen LogP contribution in [0.15, 0.2) is 24.5 Å². The van der Waals surface area contributed by atoms with Gasteiger partial charge in [0.1, 0.15) is 23.6 Å². The van der Waals surface area contributed by atoms with Crippen molar-refractivity contribution < 1.29 is 18.8 Å². The normalized spacial score (nSPS) is 24.5. The molecule has 0 spiro atoms. The first-order chi connectivity index (χ1) is 15.1. The van der Waals surface area contributed by atoms with Gasteiger partial charge in [-0.15, -0.1) is 0 Å². The standard InChI is InChI=1S/C20H16FN7O3/c21-10-5-13-15-2-4-30-28(15)16-1-3-27-18(25-16)17(14(8-22)26-27)19(29)24-11-6-12(7-11)31-20(13)23-9-10/h1,3,5,9,11-12,15H,2,4,6-7H2,(H,24,29)/t11-,12+,15-/m1/s1. The Morgan fingerprint density at radius 3 is 3.06 bits per heavy atom. The lowest BCUT2D eigenvalue weighted by Crippen LogP contribution is -2.49. The van der Waals surface area contributed by atoms with E-state index >= 15 is 0 Å². The largest absolute Gasteiger partial charge is 0.474 e. The Balaban J connectivity index is 1.55. The van der Waals surface area contributed by atoms with Crippen LogP contribution in [-0.2, 0) is 4.84 Å². The fraction of sp³-hybridized carbons (Fsp3) is 0.350. The Hall–Kier alpha value is -3.78. The zero-order chi connectivity index (χ0) is 21.1. The molecule has 11 heteroatoms. The number of fused-ring (bicyclic) bond motifs is 1. The number of hydrogen-bond acceptors (Lipinski definition) is 8. The molecule has 1 aliphatic carbocycles. The van der Waals surface area contributed by atoms with Gasteiger partial charge in [0, 0.05) is 43.1 Å². The van der Waals surface area contributed by atoms with Crippen LogP contribution >= 0.6 is 0 Å². The molecule has 0 radical (unpaired) electrons. The molecular formula is C20H16FN7O3. The third-order valence-corrected chi connectivity index (χ3v) is 5.85. The number of amides is 1. The third-order valence-electron chi connectivity index (χ3n) is 5.85. The summed E-state index contributed by atoms with van der Waals surface area (Å²) in [6.45, 7) is 0.398. The Labute approximate surface area is 175 Å². The van der Waals surface area contributed by atoms with Gasteiger partial charge in [-0.3, -0.25) is 9.63 Å². The number of rotatable bonds is 0. The molecule has 0 unspecified atom stereocenters. The van der Waals surface area contributed by atoms with E-state index in [1.54, 1.807) is 17.3 Å². The van der Waals surface area contributed by atoms with Crippen molar-refractivity contribution in [2.24, 2.45) is 0 Å². The van der Waals surface area contributed by atoms with Crippen LogP contribution in [0.1, 0.15) is 46.9 Å². The summed E-state index contributed by atoms with van der Waals surface area (Å²) in [5.74, 6) is -0.108. The SMILES string of the molecule is N#Cc1nn2ccc3nc2c1C(=O)N[C@H]1C[C@H](C1)Oc1ncc(F)cc1[C@H]1CCON31. The van der Waals surface area contributed by atoms with Gasteiger partial charge >= 0.3 is 0 Å². The van der Waals surface area contributed by atoms with E-state index in [2.05, 4.69) is 20.4 Å². The van der Waals surface area contributed by atoms with E-state index < -0.39 is 11.7 Å². The molecule has 7 rings (SSSR count). The first-order valence-corrected chi connectivity index (χ1v) is 9.95. The lowest BCUT2D eigenvalue weighted by atomic mass is 9.89. The van der Waals surface area contributed by atoms with Crippen LogP contribution in [0.5, 0.6) is 5.88 Å². The molecule has 6 heterocycles. The van der Waals surface area contributed by atoms with Crippen LogP contribution in [0.3, 0.4) is 0 Å². The highest BCUT2D eigenvalue weighted by atomic mass is 19.1. The molecular weight excluding hydrogens is 405 g/mol. The van der Waals surface area contributed by atoms with E-state index in [1.807, 2.05) is 6.07 Å². The Bertz CT molecular complexity index is 1260. The van der Waals surface area contributed by atoms with Gasteiger partial charge in [-0.1, -0.05) is 0 Å². The van der Waals surface area contributed by atoms with Gasteiger partial charge in [0.15, 0.2) is 17.2 Å². The lowest BCUT2D eigenvalue weighted by Gasteiger charge is -2.36. The second kappa shape index (κ2) is 6.61. The van der Waals surface area contributed by atoms with Crippen molar-refractivity contribution in [3.05, 3.63) is 47.2 Å². The summed E-state index contributed by atoms with van der Waals surface area (Å²) in [7, 11) is 0. The van der Waals surface area contributed by atoms with Gasteiger partial charge in [-0.05, 0) is 6.07 Å². The first kappa shape index (κ1) is 18.0. The number of halogens is 1. The van der Waals surface area contributed by atoms with Gasteiger partial charge in [0.2, 0.25) is 5.88 Å². The van der Waals surface area contributed by atoms with Crippen molar-refractivity contribution in [2.75, 3.05) is 11.7 Å². The molecule has 3 aromatic rings. The van der Waals surface area contributed by atoms with Crippen molar-refractivity contribution >= 4 is 17.4 Å². The smallest absolute Gasteiger partial charge is 0.258 e. The molecule has 4 bridgehead atoms. The van der Waals surface area contributed by atoms with E-state index in [0.29, 0.717) is 43.1 Å². The molecule has 31 heavy (non-hydrogen) atoms. The van der Waals surface area contributed by atoms with Crippen molar-refractivity contribution in [3.63, 3.8) is 0 Å². The second-order valence-electron chi connectivity index (χ2n) is 7.78. The highest BCUT2D eigenvalue weighted by molar-refractivity contribution is 6.02. The maximum atomic E-state index is 14.1. The number of carbonyl (C=O) groups excluding carboxylic acids is 1. The van der Waals surface area contributed by atoms with E-state index in [-0.39, 0.29) is 35.1 Å². The average molecular weight is 421 g/mol. The molecule has 2 fully saturated rings. The summed E-state index contributed by atoms with van der Waals surface area (Å²) in [6, 6.07) is 4.56. The minimum Gasteiger partial charge on any atom is -0.474 e. The second-order valence-corrected chi connectivity index (χ2v) is 7.78. The summed E-state index contributed by atoms with van der Waals surface area (Å²) in [4.78, 5) is 27.5. The van der Waals surface area contributed by atoms with E-state index in [0.717, 1.165) is 6.20 Å². The fourth-order valence-corrected chi connectivity index (χ4v) is 4.28. The zero-order valence-corrected chi connectivity index (χ0v) is 16.2. The zero-order valence-electron chi connectivity index (χ0n) is 16.2. The van der Waals surface area contributed by atoms with Crippen LogP contribution < -0.4 is 15.1 Å². The van der Waals surface area contributed by atoms with Crippen molar-refractivity contribution in [3.8, 4) is 11.9 Å². The molecule has 1 N–H and O–H groups in total. The van der Waals surface area contributed by atoms with Gasteiger partial charge in [0.25, 0.3) is 5.91 Å². The number of anilines is 1. The highest BCUT2D eigenvalue weighted by Crippen LogP contribution is 2.39. The number of nitrogens with zero attached hydrogens (tertiary/aromatic N) is 6. The molecule has 1 saturated heterocycles. The molecule has 1 atom stereocenters. The Morgan fingerprint density at radius 1 is 1.35 bits per heavy atom. The highest BCUT2D eigenvalue weighted by Gasteiger charge is 2.38. The number of hydroxylamine groups is 1. The van der Waals surface area contributed by atoms with Gasteiger partial charge < -0.3 is 10.1 Å². The van der Waals surface area contributed by atoms with E-state index in [9.17, 15) is 14.4 Å². The van der Waals surface area contributed by atoms with E-state index in [4.69, 9.17) is 9.57 Å². The number of nitriles is 1. The van der Waals surface area contributed by atoms with Crippen molar-refractivity contribution in [1.82, 2.24) is 24.9 Å². The Morgan fingerprint density at radius 2 is 2.23 bits per heavy atom. The monoisotopic (exact) mass is 421 g/mol. The van der Waals surface area contributed by atoms with Gasteiger partial charge in [0.05, 0.1) is 18.8 Å². The summed E-state index contributed by atoms with van der Waals surface area (Å²) in [5.41, 5.74) is 0.948. The molecule has 1 amide bonds.